The van der Waals surface area contributed by atoms with Gasteiger partial charge in [0.1, 0.15) is 11.6 Å². The summed E-state index contributed by atoms with van der Waals surface area (Å²) in [6.45, 7) is 5.12. The van der Waals surface area contributed by atoms with Gasteiger partial charge >= 0.3 is 0 Å². The normalized spacial score (nSPS) is 11.6. The van der Waals surface area contributed by atoms with Gasteiger partial charge in [-0.05, 0) is 32.9 Å². The molecule has 110 valence electrons. The van der Waals surface area contributed by atoms with Gasteiger partial charge in [-0.2, -0.15) is 0 Å². The zero-order valence-corrected chi connectivity index (χ0v) is 12.1. The number of nitrogens with zero attached hydrogens (tertiary/aromatic N) is 2. The van der Waals surface area contributed by atoms with Gasteiger partial charge in [0.05, 0.1) is 5.71 Å². The minimum absolute atomic E-state index is 0.0545. The van der Waals surface area contributed by atoms with Crippen LogP contribution in [0.5, 0.6) is 5.75 Å². The summed E-state index contributed by atoms with van der Waals surface area (Å²) in [5.41, 5.74) is 0.721. The van der Waals surface area contributed by atoms with Crippen LogP contribution in [-0.4, -0.2) is 41.4 Å². The Labute approximate surface area is 117 Å². The van der Waals surface area contributed by atoms with Crippen LogP contribution in [0, 0.1) is 5.82 Å². The number of carbonyl (C=O) groups excluding carboxylic acids is 1. The fourth-order valence-electron chi connectivity index (χ4n) is 1.50. The van der Waals surface area contributed by atoms with Crippen molar-refractivity contribution in [1.29, 1.82) is 0 Å². The standard InChI is InChI=1S/C14H19FN2O3/c1-9(2)17(4)14(18)8-20-13-7-11(15)5-6-12(13)10(3)16-19/h5-7,9,19H,8H2,1-4H3. The Morgan fingerprint density at radius 3 is 2.70 bits per heavy atom. The maximum atomic E-state index is 13.2. The molecular weight excluding hydrogens is 263 g/mol. The lowest BCUT2D eigenvalue weighted by Gasteiger charge is -2.21. The average molecular weight is 282 g/mol. The number of hydrogen-bond acceptors (Lipinski definition) is 4. The van der Waals surface area contributed by atoms with Crippen LogP contribution in [0.15, 0.2) is 23.4 Å². The lowest BCUT2D eigenvalue weighted by molar-refractivity contribution is -0.133. The first-order valence-electron chi connectivity index (χ1n) is 6.23. The van der Waals surface area contributed by atoms with Gasteiger partial charge in [0.2, 0.25) is 0 Å². The zero-order chi connectivity index (χ0) is 15.3. The molecule has 0 aliphatic heterocycles. The van der Waals surface area contributed by atoms with E-state index in [9.17, 15) is 9.18 Å². The van der Waals surface area contributed by atoms with Gasteiger partial charge < -0.3 is 14.8 Å². The Morgan fingerprint density at radius 1 is 1.50 bits per heavy atom. The second-order valence-corrected chi connectivity index (χ2v) is 4.71. The summed E-state index contributed by atoms with van der Waals surface area (Å²) >= 11 is 0. The third-order valence-corrected chi connectivity index (χ3v) is 3.00. The molecule has 0 aromatic heterocycles. The molecule has 0 fully saturated rings. The van der Waals surface area contributed by atoms with Crippen LogP contribution < -0.4 is 4.74 Å². The molecular formula is C14H19FN2O3. The van der Waals surface area contributed by atoms with Gasteiger partial charge in [-0.25, -0.2) is 4.39 Å². The number of carbonyl (C=O) groups is 1. The first-order valence-corrected chi connectivity index (χ1v) is 6.23. The van der Waals surface area contributed by atoms with Gasteiger partial charge in [0, 0.05) is 24.7 Å². The van der Waals surface area contributed by atoms with Crippen LogP contribution in [-0.2, 0) is 4.79 Å². The van der Waals surface area contributed by atoms with E-state index in [1.54, 1.807) is 14.0 Å². The molecule has 0 unspecified atom stereocenters. The van der Waals surface area contributed by atoms with Crippen LogP contribution in [0.2, 0.25) is 0 Å². The molecule has 0 aliphatic carbocycles. The maximum absolute atomic E-state index is 13.2. The third kappa shape index (κ3) is 3.94. The zero-order valence-electron chi connectivity index (χ0n) is 12.1. The molecule has 1 rings (SSSR count). The molecule has 0 saturated carbocycles. The molecule has 6 heteroatoms. The van der Waals surface area contributed by atoms with Crippen molar-refractivity contribution in [1.82, 2.24) is 4.90 Å². The number of oxime groups is 1. The van der Waals surface area contributed by atoms with Crippen LogP contribution in [0.1, 0.15) is 26.3 Å². The Morgan fingerprint density at radius 2 is 2.15 bits per heavy atom. The van der Waals surface area contributed by atoms with Gasteiger partial charge in [-0.1, -0.05) is 5.16 Å². The summed E-state index contributed by atoms with van der Waals surface area (Å²) < 4.78 is 18.6. The number of hydrogen-bond donors (Lipinski definition) is 1. The Bertz CT molecular complexity index is 515. The van der Waals surface area contributed by atoms with Crippen molar-refractivity contribution in [2.24, 2.45) is 5.16 Å². The van der Waals surface area contributed by atoms with Gasteiger partial charge in [0.25, 0.3) is 5.91 Å². The van der Waals surface area contributed by atoms with E-state index in [0.717, 1.165) is 6.07 Å². The lowest BCUT2D eigenvalue weighted by atomic mass is 10.1. The van der Waals surface area contributed by atoms with E-state index in [0.29, 0.717) is 5.56 Å². The van der Waals surface area contributed by atoms with E-state index in [1.165, 1.54) is 17.0 Å². The van der Waals surface area contributed by atoms with Gasteiger partial charge in [0.15, 0.2) is 6.61 Å². The SMILES string of the molecule is CC(=NO)c1ccc(F)cc1OCC(=O)N(C)C(C)C. The summed E-state index contributed by atoms with van der Waals surface area (Å²) in [5.74, 6) is -0.529. The molecule has 0 aliphatic rings. The van der Waals surface area contributed by atoms with E-state index >= 15 is 0 Å². The number of rotatable bonds is 5. The quantitative estimate of drug-likeness (QED) is 0.512. The maximum Gasteiger partial charge on any atom is 0.260 e. The van der Waals surface area contributed by atoms with Crippen molar-refractivity contribution < 1.29 is 19.1 Å². The van der Waals surface area contributed by atoms with Crippen LogP contribution >= 0.6 is 0 Å². The van der Waals surface area contributed by atoms with E-state index < -0.39 is 5.82 Å². The molecule has 20 heavy (non-hydrogen) atoms. The van der Waals surface area contributed by atoms with Crippen molar-refractivity contribution in [2.45, 2.75) is 26.8 Å². The predicted octanol–water partition coefficient (Wildman–Crippen LogP) is 2.27. The predicted molar refractivity (Wildman–Crippen MR) is 73.8 cm³/mol. The van der Waals surface area contributed by atoms with E-state index in [-0.39, 0.29) is 30.0 Å². The highest BCUT2D eigenvalue weighted by Gasteiger charge is 2.15. The first-order chi connectivity index (χ1) is 9.36. The van der Waals surface area contributed by atoms with Crippen LogP contribution in [0.4, 0.5) is 4.39 Å². The summed E-state index contributed by atoms with van der Waals surface area (Å²) in [6, 6.07) is 3.89. The molecule has 0 radical (unpaired) electrons. The fraction of sp³-hybridized carbons (Fsp3) is 0.429. The first kappa shape index (κ1) is 15.9. The molecule has 1 amide bonds. The number of halogens is 1. The second-order valence-electron chi connectivity index (χ2n) is 4.71. The average Bonchev–Trinajstić information content (AvgIpc) is 2.42. The van der Waals surface area contributed by atoms with E-state index in [2.05, 4.69) is 5.16 Å². The van der Waals surface area contributed by atoms with Crippen LogP contribution in [0.25, 0.3) is 0 Å². The third-order valence-electron chi connectivity index (χ3n) is 3.00. The molecule has 1 N–H and O–H groups in total. The van der Waals surface area contributed by atoms with Crippen molar-refractivity contribution in [3.05, 3.63) is 29.6 Å². The molecule has 0 saturated heterocycles. The van der Waals surface area contributed by atoms with Crippen molar-refractivity contribution in [3.8, 4) is 5.75 Å². The number of benzene rings is 1. The number of amides is 1. The Kier molecular flexibility index (Phi) is 5.49. The highest BCUT2D eigenvalue weighted by molar-refractivity contribution is 6.00. The largest absolute Gasteiger partial charge is 0.483 e. The monoisotopic (exact) mass is 282 g/mol. The fourth-order valence-corrected chi connectivity index (χ4v) is 1.50. The van der Waals surface area contributed by atoms with Crippen molar-refractivity contribution in [2.75, 3.05) is 13.7 Å². The summed E-state index contributed by atoms with van der Waals surface area (Å²) in [4.78, 5) is 13.4. The smallest absolute Gasteiger partial charge is 0.260 e. The second kappa shape index (κ2) is 6.88. The number of likely N-dealkylation sites (N-methyl/N-ethyl adjacent to an activating group) is 1. The highest BCUT2D eigenvalue weighted by Crippen LogP contribution is 2.21. The summed E-state index contributed by atoms with van der Waals surface area (Å²) in [6.07, 6.45) is 0. The van der Waals surface area contributed by atoms with E-state index in [4.69, 9.17) is 9.94 Å². The minimum atomic E-state index is -0.487. The molecule has 1 aromatic carbocycles. The van der Waals surface area contributed by atoms with Gasteiger partial charge in [-0.15, -0.1) is 0 Å². The molecule has 1 aromatic rings. The Hall–Kier alpha value is -2.11. The van der Waals surface area contributed by atoms with Crippen molar-refractivity contribution in [3.63, 3.8) is 0 Å². The topological polar surface area (TPSA) is 62.1 Å². The molecule has 5 nitrogen and oxygen atoms in total. The molecule has 0 spiro atoms. The van der Waals surface area contributed by atoms with E-state index in [1.807, 2.05) is 13.8 Å². The summed E-state index contributed by atoms with van der Waals surface area (Å²) in [7, 11) is 1.67. The highest BCUT2D eigenvalue weighted by atomic mass is 19.1. The summed E-state index contributed by atoms with van der Waals surface area (Å²) in [5, 5.41) is 11.8. The van der Waals surface area contributed by atoms with Crippen molar-refractivity contribution >= 4 is 11.6 Å². The molecule has 0 bridgehead atoms. The number of ether oxygens (including phenoxy) is 1. The van der Waals surface area contributed by atoms with Gasteiger partial charge in [-0.3, -0.25) is 4.79 Å². The Balaban J connectivity index is 2.87. The molecule has 0 heterocycles. The van der Waals surface area contributed by atoms with Crippen LogP contribution in [0.3, 0.4) is 0 Å². The minimum Gasteiger partial charge on any atom is -0.483 e. The lowest BCUT2D eigenvalue weighted by Crippen LogP contribution is -2.36. The molecule has 0 atom stereocenters.